The van der Waals surface area contributed by atoms with Gasteiger partial charge in [0.25, 0.3) is 0 Å². The van der Waals surface area contributed by atoms with Crippen molar-refractivity contribution in [2.24, 2.45) is 5.41 Å². The lowest BCUT2D eigenvalue weighted by atomic mass is 9.86. The van der Waals surface area contributed by atoms with Crippen LogP contribution in [0.5, 0.6) is 0 Å². The van der Waals surface area contributed by atoms with E-state index in [2.05, 4.69) is 10.6 Å². The van der Waals surface area contributed by atoms with E-state index in [9.17, 15) is 9.18 Å². The molecule has 5 heteroatoms. The van der Waals surface area contributed by atoms with Crippen LogP contribution in [0.25, 0.3) is 0 Å². The largest absolute Gasteiger partial charge is 0.362 e. The van der Waals surface area contributed by atoms with Gasteiger partial charge in [0.1, 0.15) is 11.7 Å². The van der Waals surface area contributed by atoms with Gasteiger partial charge in [0.15, 0.2) is 0 Å². The molecule has 1 saturated carbocycles. The maximum Gasteiger partial charge on any atom is 0.236 e. The molecule has 2 aromatic rings. The topological polar surface area (TPSA) is 65.0 Å². The molecule has 1 unspecified atom stereocenters. The smallest absolute Gasteiger partial charge is 0.236 e. The van der Waals surface area contributed by atoms with Crippen molar-refractivity contribution in [2.45, 2.75) is 25.7 Å². The summed E-state index contributed by atoms with van der Waals surface area (Å²) in [6.07, 6.45) is 3.60. The normalized spacial score (nSPS) is 20.6. The second kappa shape index (κ2) is 6.75. The monoisotopic (exact) mass is 351 g/mol. The van der Waals surface area contributed by atoms with E-state index in [1.807, 2.05) is 44.2 Å². The van der Waals surface area contributed by atoms with Crippen LogP contribution in [0.1, 0.15) is 25.8 Å². The molecule has 0 aromatic heterocycles. The van der Waals surface area contributed by atoms with Gasteiger partial charge in [0.05, 0.1) is 5.41 Å². The van der Waals surface area contributed by atoms with Crippen LogP contribution in [0.15, 0.2) is 66.9 Å². The van der Waals surface area contributed by atoms with E-state index in [4.69, 9.17) is 5.41 Å². The maximum atomic E-state index is 14.3. The highest BCUT2D eigenvalue weighted by Crippen LogP contribution is 2.64. The number of amides is 1. The van der Waals surface area contributed by atoms with Gasteiger partial charge in [-0.2, -0.15) is 0 Å². The van der Waals surface area contributed by atoms with Gasteiger partial charge >= 0.3 is 0 Å². The molecule has 0 bridgehead atoms. The van der Waals surface area contributed by atoms with Gasteiger partial charge in [0, 0.05) is 17.5 Å². The van der Waals surface area contributed by atoms with Crippen molar-refractivity contribution < 1.29 is 9.18 Å². The van der Waals surface area contributed by atoms with Crippen LogP contribution in [0.3, 0.4) is 0 Å². The average molecular weight is 351 g/mol. The number of hydrogen-bond acceptors (Lipinski definition) is 3. The van der Waals surface area contributed by atoms with Gasteiger partial charge < -0.3 is 10.6 Å². The molecule has 0 heterocycles. The van der Waals surface area contributed by atoms with E-state index >= 15 is 0 Å². The second-order valence-electron chi connectivity index (χ2n) is 7.16. The number of rotatable bonds is 5. The molecular formula is C21H22FN3O. The quantitative estimate of drug-likeness (QED) is 0.558. The number of benzene rings is 2. The number of hydrogen-bond donors (Lipinski definition) is 3. The molecule has 134 valence electrons. The summed E-state index contributed by atoms with van der Waals surface area (Å²) in [6.45, 7) is 3.88. The first-order valence-electron chi connectivity index (χ1n) is 8.50. The van der Waals surface area contributed by atoms with Crippen molar-refractivity contribution in [3.63, 3.8) is 0 Å². The third-order valence-corrected chi connectivity index (χ3v) is 4.98. The number of halogens is 1. The minimum Gasteiger partial charge on any atom is -0.362 e. The Kier molecular flexibility index (Phi) is 4.64. The zero-order chi connectivity index (χ0) is 18.8. The van der Waals surface area contributed by atoms with Gasteiger partial charge in [-0.25, -0.2) is 4.39 Å². The minimum absolute atomic E-state index is 0.0446. The molecule has 2 aromatic carbocycles. The van der Waals surface area contributed by atoms with E-state index in [1.165, 1.54) is 12.1 Å². The first-order valence-corrected chi connectivity index (χ1v) is 8.50. The van der Waals surface area contributed by atoms with Gasteiger partial charge in [-0.05, 0) is 36.1 Å². The fourth-order valence-electron chi connectivity index (χ4n) is 3.42. The van der Waals surface area contributed by atoms with Crippen LogP contribution in [0.2, 0.25) is 0 Å². The van der Waals surface area contributed by atoms with Crippen LogP contribution in [-0.2, 0) is 10.2 Å². The van der Waals surface area contributed by atoms with E-state index < -0.39 is 5.41 Å². The molecule has 0 radical (unpaired) electrons. The third kappa shape index (κ3) is 3.25. The summed E-state index contributed by atoms with van der Waals surface area (Å²) in [4.78, 5) is 12.9. The molecule has 0 spiro atoms. The molecule has 3 N–H and O–H groups in total. The number of carbonyl (C=O) groups excluding carboxylic acids is 1. The summed E-state index contributed by atoms with van der Waals surface area (Å²) in [5, 5.41) is 13.6. The van der Waals surface area contributed by atoms with Crippen LogP contribution in [0.4, 0.5) is 10.1 Å². The van der Waals surface area contributed by atoms with E-state index in [-0.39, 0.29) is 23.0 Å². The Morgan fingerprint density at radius 1 is 1.12 bits per heavy atom. The van der Waals surface area contributed by atoms with Crippen LogP contribution in [-0.4, -0.2) is 11.7 Å². The second-order valence-corrected chi connectivity index (χ2v) is 7.16. The molecular weight excluding hydrogens is 329 g/mol. The number of anilines is 1. The fourth-order valence-corrected chi connectivity index (χ4v) is 3.42. The predicted molar refractivity (Wildman–Crippen MR) is 102 cm³/mol. The molecule has 1 amide bonds. The van der Waals surface area contributed by atoms with Gasteiger partial charge in [-0.15, -0.1) is 0 Å². The van der Waals surface area contributed by atoms with Crippen molar-refractivity contribution in [1.82, 2.24) is 5.32 Å². The van der Waals surface area contributed by atoms with Crippen molar-refractivity contribution >= 4 is 17.4 Å². The highest BCUT2D eigenvalue weighted by Gasteiger charge is 2.68. The number of carbonyl (C=O) groups is 1. The highest BCUT2D eigenvalue weighted by atomic mass is 19.1. The zero-order valence-corrected chi connectivity index (χ0v) is 14.8. The summed E-state index contributed by atoms with van der Waals surface area (Å²) >= 11 is 0. The predicted octanol–water partition coefficient (Wildman–Crippen LogP) is 4.21. The summed E-state index contributed by atoms with van der Waals surface area (Å²) in [5.41, 5.74) is -0.0209. The standard InChI is InChI=1S/C21H22FN3O/c1-20(2)14-21(20,16-10-6-7-11-17(16)22)19(26)25-18(23)12-13-24-15-8-4-3-5-9-15/h3-13,24H,14H2,1-2H3,(H2,23,25,26)/b13-12-. The lowest BCUT2D eigenvalue weighted by molar-refractivity contribution is -0.123. The summed E-state index contributed by atoms with van der Waals surface area (Å²) < 4.78 is 14.3. The molecule has 3 rings (SSSR count). The van der Waals surface area contributed by atoms with Crippen molar-refractivity contribution in [1.29, 1.82) is 5.41 Å². The number of amidine groups is 1. The average Bonchev–Trinajstić information content (AvgIpc) is 3.20. The Morgan fingerprint density at radius 2 is 1.73 bits per heavy atom. The van der Waals surface area contributed by atoms with E-state index in [1.54, 1.807) is 24.4 Å². The van der Waals surface area contributed by atoms with Gasteiger partial charge in [-0.1, -0.05) is 50.2 Å². The Balaban J connectivity index is 1.70. The number of nitrogens with one attached hydrogen (secondary N) is 3. The first kappa shape index (κ1) is 17.9. The fraction of sp³-hybridized carbons (Fsp3) is 0.238. The van der Waals surface area contributed by atoms with Crippen molar-refractivity contribution in [2.75, 3.05) is 5.32 Å². The number of para-hydroxylation sites is 1. The maximum absolute atomic E-state index is 14.3. The molecule has 1 fully saturated rings. The first-order chi connectivity index (χ1) is 12.4. The van der Waals surface area contributed by atoms with Crippen LogP contribution < -0.4 is 10.6 Å². The Hall–Kier alpha value is -2.95. The Morgan fingerprint density at radius 3 is 2.35 bits per heavy atom. The molecule has 26 heavy (non-hydrogen) atoms. The summed E-state index contributed by atoms with van der Waals surface area (Å²) in [7, 11) is 0. The SMILES string of the molecule is CC1(C)CC1(C(=O)NC(=N)/C=C\Nc1ccccc1)c1ccccc1F. The van der Waals surface area contributed by atoms with Gasteiger partial charge in [-0.3, -0.25) is 10.2 Å². The third-order valence-electron chi connectivity index (χ3n) is 4.98. The summed E-state index contributed by atoms with van der Waals surface area (Å²) in [5.74, 6) is -0.778. The highest BCUT2D eigenvalue weighted by molar-refractivity contribution is 6.08. The zero-order valence-electron chi connectivity index (χ0n) is 14.8. The summed E-state index contributed by atoms with van der Waals surface area (Å²) in [6, 6.07) is 15.9. The van der Waals surface area contributed by atoms with Crippen molar-refractivity contribution in [3.8, 4) is 0 Å². The molecule has 1 aliphatic carbocycles. The minimum atomic E-state index is -0.939. The van der Waals surface area contributed by atoms with E-state index in [0.29, 0.717) is 12.0 Å². The molecule has 1 atom stereocenters. The Bertz CT molecular complexity index is 861. The van der Waals surface area contributed by atoms with E-state index in [0.717, 1.165) is 5.69 Å². The molecule has 1 aliphatic rings. The molecule has 0 saturated heterocycles. The molecule has 0 aliphatic heterocycles. The lowest BCUT2D eigenvalue weighted by Crippen LogP contribution is -2.40. The van der Waals surface area contributed by atoms with Gasteiger partial charge in [0.2, 0.25) is 5.91 Å². The van der Waals surface area contributed by atoms with Crippen LogP contribution >= 0.6 is 0 Å². The van der Waals surface area contributed by atoms with Crippen LogP contribution in [0, 0.1) is 16.6 Å². The lowest BCUT2D eigenvalue weighted by Gasteiger charge is -2.21. The molecule has 4 nitrogen and oxygen atoms in total. The van der Waals surface area contributed by atoms with Crippen molar-refractivity contribution in [3.05, 3.63) is 78.3 Å². The Labute approximate surface area is 152 Å².